The van der Waals surface area contributed by atoms with Gasteiger partial charge in [0.15, 0.2) is 0 Å². The van der Waals surface area contributed by atoms with Crippen LogP contribution in [0.2, 0.25) is 0 Å². The molecule has 2 aromatic carbocycles. The molecule has 0 aliphatic rings. The summed E-state index contributed by atoms with van der Waals surface area (Å²) in [7, 11) is 0. The van der Waals surface area contributed by atoms with Crippen molar-refractivity contribution in [2.75, 3.05) is 5.32 Å². The molecule has 0 aliphatic heterocycles. The first-order valence-electron chi connectivity index (χ1n) is 7.26. The summed E-state index contributed by atoms with van der Waals surface area (Å²) in [6, 6.07) is 14.8. The SMILES string of the molecule is CC(C)(Cc1ccccc1)Nc1ncnc2ccc(F)cc12. The van der Waals surface area contributed by atoms with Crippen LogP contribution in [-0.4, -0.2) is 15.5 Å². The fourth-order valence-corrected chi connectivity index (χ4v) is 2.60. The molecule has 3 aromatic rings. The van der Waals surface area contributed by atoms with Crippen LogP contribution < -0.4 is 5.32 Å². The summed E-state index contributed by atoms with van der Waals surface area (Å²) in [5.41, 5.74) is 1.76. The summed E-state index contributed by atoms with van der Waals surface area (Å²) >= 11 is 0. The van der Waals surface area contributed by atoms with Crippen molar-refractivity contribution >= 4 is 16.7 Å². The highest BCUT2D eigenvalue weighted by molar-refractivity contribution is 5.89. The zero-order chi connectivity index (χ0) is 15.6. The van der Waals surface area contributed by atoms with Gasteiger partial charge < -0.3 is 5.32 Å². The van der Waals surface area contributed by atoms with Crippen molar-refractivity contribution < 1.29 is 4.39 Å². The zero-order valence-corrected chi connectivity index (χ0v) is 12.7. The van der Waals surface area contributed by atoms with E-state index in [4.69, 9.17) is 0 Å². The number of nitrogens with zero attached hydrogens (tertiary/aromatic N) is 2. The van der Waals surface area contributed by atoms with E-state index < -0.39 is 0 Å². The Morgan fingerprint density at radius 3 is 2.59 bits per heavy atom. The fourth-order valence-electron chi connectivity index (χ4n) is 2.60. The van der Waals surface area contributed by atoms with Crippen LogP contribution in [0.5, 0.6) is 0 Å². The lowest BCUT2D eigenvalue weighted by Gasteiger charge is -2.27. The second-order valence-electron chi connectivity index (χ2n) is 6.06. The van der Waals surface area contributed by atoms with E-state index in [1.807, 2.05) is 18.2 Å². The molecule has 0 bridgehead atoms. The van der Waals surface area contributed by atoms with Gasteiger partial charge in [0.2, 0.25) is 0 Å². The maximum Gasteiger partial charge on any atom is 0.137 e. The predicted octanol–water partition coefficient (Wildman–Crippen LogP) is 4.20. The Bertz CT molecular complexity index is 785. The number of anilines is 1. The van der Waals surface area contributed by atoms with Crippen molar-refractivity contribution in [1.82, 2.24) is 9.97 Å². The first-order valence-corrected chi connectivity index (χ1v) is 7.26. The molecule has 1 heterocycles. The standard InChI is InChI=1S/C18H18FN3/c1-18(2,11-13-6-4-3-5-7-13)22-17-15-10-14(19)8-9-16(15)20-12-21-17/h3-10,12H,11H2,1-2H3,(H,20,21,22). The lowest BCUT2D eigenvalue weighted by atomic mass is 9.95. The largest absolute Gasteiger partial charge is 0.364 e. The van der Waals surface area contributed by atoms with Gasteiger partial charge in [-0.1, -0.05) is 30.3 Å². The zero-order valence-electron chi connectivity index (χ0n) is 12.7. The van der Waals surface area contributed by atoms with E-state index in [9.17, 15) is 4.39 Å². The molecule has 0 unspecified atom stereocenters. The molecule has 4 heteroatoms. The smallest absolute Gasteiger partial charge is 0.137 e. The molecule has 1 aromatic heterocycles. The molecule has 1 N–H and O–H groups in total. The van der Waals surface area contributed by atoms with Crippen LogP contribution >= 0.6 is 0 Å². The summed E-state index contributed by atoms with van der Waals surface area (Å²) in [6.07, 6.45) is 2.34. The van der Waals surface area contributed by atoms with Gasteiger partial charge in [0, 0.05) is 10.9 Å². The molecule has 3 rings (SSSR count). The number of hydrogen-bond donors (Lipinski definition) is 1. The summed E-state index contributed by atoms with van der Waals surface area (Å²) in [4.78, 5) is 8.47. The summed E-state index contributed by atoms with van der Waals surface area (Å²) < 4.78 is 13.5. The molecule has 3 nitrogen and oxygen atoms in total. The highest BCUT2D eigenvalue weighted by Crippen LogP contribution is 2.24. The van der Waals surface area contributed by atoms with Crippen LogP contribution in [0.3, 0.4) is 0 Å². The van der Waals surface area contributed by atoms with Crippen LogP contribution in [0, 0.1) is 5.82 Å². The summed E-state index contributed by atoms with van der Waals surface area (Å²) in [5, 5.41) is 4.12. The van der Waals surface area contributed by atoms with E-state index in [1.165, 1.54) is 24.0 Å². The van der Waals surface area contributed by atoms with Gasteiger partial charge in [0.25, 0.3) is 0 Å². The highest BCUT2D eigenvalue weighted by atomic mass is 19.1. The first kappa shape index (κ1) is 14.4. The van der Waals surface area contributed by atoms with Gasteiger partial charge in [0.1, 0.15) is 18.0 Å². The maximum atomic E-state index is 13.5. The Hall–Kier alpha value is -2.49. The fraction of sp³-hybridized carbons (Fsp3) is 0.222. The third-order valence-electron chi connectivity index (χ3n) is 3.54. The Labute approximate surface area is 129 Å². The number of hydrogen-bond acceptors (Lipinski definition) is 3. The van der Waals surface area contributed by atoms with E-state index in [-0.39, 0.29) is 11.4 Å². The molecule has 0 spiro atoms. The average molecular weight is 295 g/mol. The quantitative estimate of drug-likeness (QED) is 0.783. The van der Waals surface area contributed by atoms with Gasteiger partial charge in [0.05, 0.1) is 5.52 Å². The number of halogens is 1. The average Bonchev–Trinajstić information content (AvgIpc) is 2.48. The molecular formula is C18H18FN3. The number of rotatable bonds is 4. The van der Waals surface area contributed by atoms with Gasteiger partial charge in [-0.3, -0.25) is 0 Å². The van der Waals surface area contributed by atoms with Crippen LogP contribution in [0.1, 0.15) is 19.4 Å². The van der Waals surface area contributed by atoms with Gasteiger partial charge in [-0.25, -0.2) is 14.4 Å². The van der Waals surface area contributed by atoms with E-state index in [1.54, 1.807) is 6.07 Å². The minimum Gasteiger partial charge on any atom is -0.364 e. The summed E-state index contributed by atoms with van der Waals surface area (Å²) in [6.45, 7) is 4.21. The van der Waals surface area contributed by atoms with E-state index in [2.05, 4.69) is 41.3 Å². The van der Waals surface area contributed by atoms with E-state index >= 15 is 0 Å². The molecule has 0 aliphatic carbocycles. The first-order chi connectivity index (χ1) is 10.5. The number of nitrogens with one attached hydrogen (secondary N) is 1. The van der Waals surface area contributed by atoms with Crippen LogP contribution in [-0.2, 0) is 6.42 Å². The van der Waals surface area contributed by atoms with Crippen molar-refractivity contribution in [2.45, 2.75) is 25.8 Å². The molecule has 0 saturated heterocycles. The molecule has 22 heavy (non-hydrogen) atoms. The topological polar surface area (TPSA) is 37.8 Å². The molecule has 0 radical (unpaired) electrons. The highest BCUT2D eigenvalue weighted by Gasteiger charge is 2.20. The van der Waals surface area contributed by atoms with Crippen molar-refractivity contribution in [3.63, 3.8) is 0 Å². The third-order valence-corrected chi connectivity index (χ3v) is 3.54. The van der Waals surface area contributed by atoms with Crippen molar-refractivity contribution in [2.24, 2.45) is 0 Å². The number of fused-ring (bicyclic) bond motifs is 1. The second-order valence-corrected chi connectivity index (χ2v) is 6.06. The van der Waals surface area contributed by atoms with E-state index in [0.29, 0.717) is 11.2 Å². The van der Waals surface area contributed by atoms with Crippen molar-refractivity contribution in [3.8, 4) is 0 Å². The lowest BCUT2D eigenvalue weighted by Crippen LogP contribution is -2.34. The van der Waals surface area contributed by atoms with Crippen molar-refractivity contribution in [1.29, 1.82) is 0 Å². The Morgan fingerprint density at radius 1 is 1.05 bits per heavy atom. The Balaban J connectivity index is 1.90. The second kappa shape index (κ2) is 5.72. The molecular weight excluding hydrogens is 277 g/mol. The van der Waals surface area contributed by atoms with Crippen LogP contribution in [0.4, 0.5) is 10.2 Å². The molecule has 0 saturated carbocycles. The van der Waals surface area contributed by atoms with Gasteiger partial charge in [-0.05, 0) is 44.0 Å². The van der Waals surface area contributed by atoms with Crippen molar-refractivity contribution in [3.05, 3.63) is 66.2 Å². The minimum absolute atomic E-state index is 0.213. The maximum absolute atomic E-state index is 13.5. The molecule has 0 atom stereocenters. The minimum atomic E-state index is -0.286. The van der Waals surface area contributed by atoms with Crippen LogP contribution in [0.25, 0.3) is 10.9 Å². The Morgan fingerprint density at radius 2 is 1.82 bits per heavy atom. The molecule has 112 valence electrons. The number of aromatic nitrogens is 2. The molecule has 0 amide bonds. The van der Waals surface area contributed by atoms with Gasteiger partial charge in [-0.15, -0.1) is 0 Å². The van der Waals surface area contributed by atoms with Gasteiger partial charge in [-0.2, -0.15) is 0 Å². The Kier molecular flexibility index (Phi) is 3.75. The lowest BCUT2D eigenvalue weighted by molar-refractivity contribution is 0.562. The predicted molar refractivity (Wildman–Crippen MR) is 87.3 cm³/mol. The molecule has 0 fully saturated rings. The van der Waals surface area contributed by atoms with Gasteiger partial charge >= 0.3 is 0 Å². The summed E-state index contributed by atoms with van der Waals surface area (Å²) in [5.74, 6) is 0.372. The van der Waals surface area contributed by atoms with E-state index in [0.717, 1.165) is 11.9 Å². The number of benzene rings is 2. The normalized spacial score (nSPS) is 11.6. The third kappa shape index (κ3) is 3.22. The monoisotopic (exact) mass is 295 g/mol. The van der Waals surface area contributed by atoms with Crippen LogP contribution in [0.15, 0.2) is 54.9 Å².